The lowest BCUT2D eigenvalue weighted by molar-refractivity contribution is 0.0761. The van der Waals surface area contributed by atoms with Crippen molar-refractivity contribution in [2.24, 2.45) is 0 Å². The van der Waals surface area contributed by atoms with Gasteiger partial charge in [0.1, 0.15) is 11.5 Å². The standard InChI is InChI=1S/C15H23NO3/c1-11-10-14(12(2)19-11)15(17)16(3)8-4-6-13-7-5-9-18-13/h10,13H,4-9H2,1-3H3/t13-/m1/s1. The van der Waals surface area contributed by atoms with Crippen molar-refractivity contribution in [3.05, 3.63) is 23.2 Å². The molecular formula is C15H23NO3. The lowest BCUT2D eigenvalue weighted by Gasteiger charge is -2.17. The molecule has 0 bridgehead atoms. The average molecular weight is 265 g/mol. The summed E-state index contributed by atoms with van der Waals surface area (Å²) in [6, 6.07) is 1.81. The van der Waals surface area contributed by atoms with E-state index >= 15 is 0 Å². The molecule has 1 atom stereocenters. The molecule has 19 heavy (non-hydrogen) atoms. The highest BCUT2D eigenvalue weighted by Gasteiger charge is 2.19. The van der Waals surface area contributed by atoms with E-state index in [4.69, 9.17) is 9.15 Å². The maximum absolute atomic E-state index is 12.2. The van der Waals surface area contributed by atoms with E-state index in [-0.39, 0.29) is 5.91 Å². The van der Waals surface area contributed by atoms with Crippen LogP contribution in [-0.4, -0.2) is 37.1 Å². The average Bonchev–Trinajstić information content (AvgIpc) is 2.98. The first kappa shape index (κ1) is 14.1. The number of aryl methyl sites for hydroxylation is 2. The highest BCUT2D eigenvalue weighted by atomic mass is 16.5. The first-order valence-corrected chi connectivity index (χ1v) is 7.02. The molecule has 0 radical (unpaired) electrons. The van der Waals surface area contributed by atoms with E-state index in [2.05, 4.69) is 0 Å². The Morgan fingerprint density at radius 2 is 2.26 bits per heavy atom. The van der Waals surface area contributed by atoms with Gasteiger partial charge in [-0.3, -0.25) is 4.79 Å². The van der Waals surface area contributed by atoms with Gasteiger partial charge in [-0.15, -0.1) is 0 Å². The Labute approximate surface area is 114 Å². The summed E-state index contributed by atoms with van der Waals surface area (Å²) in [6.07, 6.45) is 4.77. The lowest BCUT2D eigenvalue weighted by atomic mass is 10.1. The van der Waals surface area contributed by atoms with E-state index in [1.165, 1.54) is 6.42 Å². The van der Waals surface area contributed by atoms with Gasteiger partial charge in [0.05, 0.1) is 11.7 Å². The van der Waals surface area contributed by atoms with Crippen LogP contribution in [-0.2, 0) is 4.74 Å². The zero-order valence-electron chi connectivity index (χ0n) is 12.1. The summed E-state index contributed by atoms with van der Waals surface area (Å²) in [5.74, 6) is 1.53. The molecule has 4 heteroatoms. The molecule has 1 aliphatic heterocycles. The van der Waals surface area contributed by atoms with Gasteiger partial charge >= 0.3 is 0 Å². The predicted octanol–water partition coefficient (Wildman–Crippen LogP) is 2.93. The summed E-state index contributed by atoms with van der Waals surface area (Å²) in [6.45, 7) is 5.36. The van der Waals surface area contributed by atoms with Crippen molar-refractivity contribution in [1.29, 1.82) is 0 Å². The van der Waals surface area contributed by atoms with Gasteiger partial charge in [0.2, 0.25) is 0 Å². The van der Waals surface area contributed by atoms with Crippen LogP contribution in [0.25, 0.3) is 0 Å². The maximum atomic E-state index is 12.2. The Hall–Kier alpha value is -1.29. The molecule has 0 unspecified atom stereocenters. The van der Waals surface area contributed by atoms with Gasteiger partial charge in [-0.25, -0.2) is 0 Å². The molecule has 0 aliphatic carbocycles. The molecule has 2 rings (SSSR count). The van der Waals surface area contributed by atoms with E-state index in [9.17, 15) is 4.79 Å². The second-order valence-electron chi connectivity index (χ2n) is 5.33. The Kier molecular flexibility index (Phi) is 4.64. The van der Waals surface area contributed by atoms with Crippen LogP contribution in [0.15, 0.2) is 10.5 Å². The normalized spacial score (nSPS) is 18.8. The summed E-state index contributed by atoms with van der Waals surface area (Å²) in [5.41, 5.74) is 0.678. The van der Waals surface area contributed by atoms with Crippen LogP contribution >= 0.6 is 0 Å². The maximum Gasteiger partial charge on any atom is 0.257 e. The number of hydrogen-bond acceptors (Lipinski definition) is 3. The second kappa shape index (κ2) is 6.24. The number of nitrogens with zero attached hydrogens (tertiary/aromatic N) is 1. The first-order chi connectivity index (χ1) is 9.08. The van der Waals surface area contributed by atoms with Crippen molar-refractivity contribution in [2.45, 2.75) is 45.6 Å². The van der Waals surface area contributed by atoms with Crippen molar-refractivity contribution < 1.29 is 13.9 Å². The fourth-order valence-corrected chi connectivity index (χ4v) is 2.58. The van der Waals surface area contributed by atoms with Crippen LogP contribution in [0.5, 0.6) is 0 Å². The second-order valence-corrected chi connectivity index (χ2v) is 5.33. The summed E-state index contributed by atoms with van der Waals surface area (Å²) >= 11 is 0. The fourth-order valence-electron chi connectivity index (χ4n) is 2.58. The molecular weight excluding hydrogens is 242 g/mol. The number of carbonyl (C=O) groups is 1. The number of furan rings is 1. The Morgan fingerprint density at radius 3 is 2.84 bits per heavy atom. The predicted molar refractivity (Wildman–Crippen MR) is 73.4 cm³/mol. The van der Waals surface area contributed by atoms with E-state index in [0.29, 0.717) is 17.4 Å². The molecule has 1 aliphatic rings. The van der Waals surface area contributed by atoms with Gasteiger partial charge < -0.3 is 14.1 Å². The van der Waals surface area contributed by atoms with Gasteiger partial charge in [0.15, 0.2) is 0 Å². The van der Waals surface area contributed by atoms with Crippen LogP contribution in [0.2, 0.25) is 0 Å². The summed E-state index contributed by atoms with van der Waals surface area (Å²) in [4.78, 5) is 14.0. The van der Waals surface area contributed by atoms with Crippen molar-refractivity contribution in [3.8, 4) is 0 Å². The zero-order valence-corrected chi connectivity index (χ0v) is 12.1. The topological polar surface area (TPSA) is 42.7 Å². The molecule has 0 N–H and O–H groups in total. The first-order valence-electron chi connectivity index (χ1n) is 7.02. The van der Waals surface area contributed by atoms with Crippen molar-refractivity contribution in [2.75, 3.05) is 20.2 Å². The number of hydrogen-bond donors (Lipinski definition) is 0. The monoisotopic (exact) mass is 265 g/mol. The quantitative estimate of drug-likeness (QED) is 0.822. The molecule has 1 aromatic heterocycles. The summed E-state index contributed by atoms with van der Waals surface area (Å²) < 4.78 is 11.0. The van der Waals surface area contributed by atoms with Crippen LogP contribution in [0.1, 0.15) is 47.6 Å². The minimum absolute atomic E-state index is 0.0432. The van der Waals surface area contributed by atoms with Crippen LogP contribution in [0.4, 0.5) is 0 Å². The molecule has 1 aromatic rings. The van der Waals surface area contributed by atoms with E-state index in [0.717, 1.165) is 38.2 Å². The third-order valence-electron chi connectivity index (χ3n) is 3.66. The summed E-state index contributed by atoms with van der Waals surface area (Å²) in [7, 11) is 1.85. The molecule has 4 nitrogen and oxygen atoms in total. The Bertz CT molecular complexity index is 433. The van der Waals surface area contributed by atoms with Crippen LogP contribution < -0.4 is 0 Å². The third kappa shape index (κ3) is 3.60. The number of ether oxygens (including phenoxy) is 1. The minimum Gasteiger partial charge on any atom is -0.466 e. The molecule has 1 fully saturated rings. The molecule has 0 saturated carbocycles. The minimum atomic E-state index is 0.0432. The summed E-state index contributed by atoms with van der Waals surface area (Å²) in [5, 5.41) is 0. The SMILES string of the molecule is Cc1cc(C(=O)N(C)CCC[C@@H]2CCCO2)c(C)o1. The molecule has 0 spiro atoms. The van der Waals surface area contributed by atoms with Crippen molar-refractivity contribution in [1.82, 2.24) is 4.90 Å². The Balaban J connectivity index is 1.80. The Morgan fingerprint density at radius 1 is 1.47 bits per heavy atom. The highest BCUT2D eigenvalue weighted by Crippen LogP contribution is 2.18. The fraction of sp³-hybridized carbons (Fsp3) is 0.667. The van der Waals surface area contributed by atoms with Crippen molar-refractivity contribution in [3.63, 3.8) is 0 Å². The van der Waals surface area contributed by atoms with Gasteiger partial charge in [-0.1, -0.05) is 0 Å². The molecule has 106 valence electrons. The third-order valence-corrected chi connectivity index (χ3v) is 3.66. The molecule has 0 aromatic carbocycles. The van der Waals surface area contributed by atoms with Gasteiger partial charge in [0, 0.05) is 20.2 Å². The largest absolute Gasteiger partial charge is 0.466 e. The zero-order chi connectivity index (χ0) is 13.8. The van der Waals surface area contributed by atoms with Crippen LogP contribution in [0, 0.1) is 13.8 Å². The molecule has 1 amide bonds. The smallest absolute Gasteiger partial charge is 0.257 e. The number of rotatable bonds is 5. The highest BCUT2D eigenvalue weighted by molar-refractivity contribution is 5.95. The lowest BCUT2D eigenvalue weighted by Crippen LogP contribution is -2.28. The van der Waals surface area contributed by atoms with Gasteiger partial charge in [0.25, 0.3) is 5.91 Å². The van der Waals surface area contributed by atoms with Gasteiger partial charge in [-0.2, -0.15) is 0 Å². The molecule has 2 heterocycles. The molecule has 1 saturated heterocycles. The van der Waals surface area contributed by atoms with E-state index < -0.39 is 0 Å². The van der Waals surface area contributed by atoms with E-state index in [1.54, 1.807) is 4.90 Å². The van der Waals surface area contributed by atoms with Gasteiger partial charge in [-0.05, 0) is 45.6 Å². The number of amides is 1. The van der Waals surface area contributed by atoms with E-state index in [1.807, 2.05) is 27.0 Å². The van der Waals surface area contributed by atoms with Crippen LogP contribution in [0.3, 0.4) is 0 Å². The van der Waals surface area contributed by atoms with Crippen molar-refractivity contribution >= 4 is 5.91 Å². The number of carbonyl (C=O) groups excluding carboxylic acids is 1.